The standard InChI is InChI=1S/C15H21NO4/c1-4-20-15(19)12(13(17)10(2)3)16-14(18)11-8-6-5-7-9-11/h5-10,12-13,17H,4H2,1-3H3,(H,16,18)/t12-,13-/m0/s1. The summed E-state index contributed by atoms with van der Waals surface area (Å²) in [5, 5.41) is 12.6. The van der Waals surface area contributed by atoms with Crippen molar-refractivity contribution in [1.82, 2.24) is 5.32 Å². The van der Waals surface area contributed by atoms with Crippen LogP contribution in [0.2, 0.25) is 0 Å². The smallest absolute Gasteiger partial charge is 0.331 e. The van der Waals surface area contributed by atoms with E-state index < -0.39 is 24.0 Å². The Balaban J connectivity index is 2.84. The van der Waals surface area contributed by atoms with Gasteiger partial charge in [0.2, 0.25) is 0 Å². The third-order valence-electron chi connectivity index (χ3n) is 2.89. The molecule has 5 heteroatoms. The van der Waals surface area contributed by atoms with E-state index in [1.807, 2.05) is 0 Å². The predicted octanol–water partition coefficient (Wildman–Crippen LogP) is 1.36. The number of aliphatic hydroxyl groups is 1. The summed E-state index contributed by atoms with van der Waals surface area (Å²) < 4.78 is 4.90. The summed E-state index contributed by atoms with van der Waals surface area (Å²) in [7, 11) is 0. The molecule has 1 aromatic rings. The van der Waals surface area contributed by atoms with Crippen molar-refractivity contribution >= 4 is 11.9 Å². The Hall–Kier alpha value is -1.88. The van der Waals surface area contributed by atoms with Crippen molar-refractivity contribution in [1.29, 1.82) is 0 Å². The van der Waals surface area contributed by atoms with Crippen molar-refractivity contribution in [2.45, 2.75) is 32.9 Å². The highest BCUT2D eigenvalue weighted by molar-refractivity contribution is 5.96. The van der Waals surface area contributed by atoms with Crippen LogP contribution in [0.5, 0.6) is 0 Å². The van der Waals surface area contributed by atoms with Crippen LogP contribution in [-0.4, -0.2) is 35.7 Å². The van der Waals surface area contributed by atoms with Gasteiger partial charge in [0.05, 0.1) is 12.7 Å². The summed E-state index contributed by atoms with van der Waals surface area (Å²) in [5.41, 5.74) is 0.428. The number of aliphatic hydroxyl groups excluding tert-OH is 1. The lowest BCUT2D eigenvalue weighted by Gasteiger charge is -2.25. The summed E-state index contributed by atoms with van der Waals surface area (Å²) >= 11 is 0. The maximum atomic E-state index is 12.1. The lowest BCUT2D eigenvalue weighted by molar-refractivity contribution is -0.149. The van der Waals surface area contributed by atoms with E-state index >= 15 is 0 Å². The summed E-state index contributed by atoms with van der Waals surface area (Å²) in [5.74, 6) is -1.22. The van der Waals surface area contributed by atoms with Crippen LogP contribution in [-0.2, 0) is 9.53 Å². The first-order chi connectivity index (χ1) is 9.47. The summed E-state index contributed by atoms with van der Waals surface area (Å²) in [6.45, 7) is 5.41. The molecule has 0 aromatic heterocycles. The molecule has 0 aliphatic rings. The molecule has 0 radical (unpaired) electrons. The quantitative estimate of drug-likeness (QED) is 0.771. The van der Waals surface area contributed by atoms with Crippen molar-refractivity contribution in [2.75, 3.05) is 6.61 Å². The third kappa shape index (κ3) is 4.35. The van der Waals surface area contributed by atoms with Gasteiger partial charge in [-0.2, -0.15) is 0 Å². The number of hydrogen-bond donors (Lipinski definition) is 2. The third-order valence-corrected chi connectivity index (χ3v) is 2.89. The van der Waals surface area contributed by atoms with Gasteiger partial charge in [-0.3, -0.25) is 4.79 Å². The summed E-state index contributed by atoms with van der Waals surface area (Å²) in [6, 6.07) is 7.46. The van der Waals surface area contributed by atoms with Gasteiger partial charge >= 0.3 is 5.97 Å². The molecule has 2 atom stereocenters. The minimum atomic E-state index is -1.07. The Labute approximate surface area is 118 Å². The molecule has 110 valence electrons. The molecule has 0 saturated heterocycles. The number of benzene rings is 1. The van der Waals surface area contributed by atoms with E-state index in [4.69, 9.17) is 4.74 Å². The van der Waals surface area contributed by atoms with Crippen molar-refractivity contribution in [3.05, 3.63) is 35.9 Å². The predicted molar refractivity (Wildman–Crippen MR) is 75.2 cm³/mol. The highest BCUT2D eigenvalue weighted by atomic mass is 16.5. The number of rotatable bonds is 6. The molecule has 0 aliphatic heterocycles. The van der Waals surface area contributed by atoms with Crippen molar-refractivity contribution in [2.24, 2.45) is 5.92 Å². The lowest BCUT2D eigenvalue weighted by atomic mass is 9.99. The van der Waals surface area contributed by atoms with Gasteiger partial charge in [0.15, 0.2) is 6.04 Å². The molecular weight excluding hydrogens is 258 g/mol. The van der Waals surface area contributed by atoms with Crippen LogP contribution < -0.4 is 5.32 Å². The molecule has 0 bridgehead atoms. The van der Waals surface area contributed by atoms with Gasteiger partial charge in [-0.15, -0.1) is 0 Å². The van der Waals surface area contributed by atoms with Crippen LogP contribution in [0.25, 0.3) is 0 Å². The molecule has 0 saturated carbocycles. The van der Waals surface area contributed by atoms with E-state index in [0.29, 0.717) is 5.56 Å². The molecule has 0 unspecified atom stereocenters. The van der Waals surface area contributed by atoms with Crippen molar-refractivity contribution in [3.63, 3.8) is 0 Å². The number of hydrogen-bond acceptors (Lipinski definition) is 4. The number of nitrogens with one attached hydrogen (secondary N) is 1. The molecule has 0 heterocycles. The van der Waals surface area contributed by atoms with Crippen LogP contribution in [0, 0.1) is 5.92 Å². The van der Waals surface area contributed by atoms with Crippen molar-refractivity contribution in [3.8, 4) is 0 Å². The highest BCUT2D eigenvalue weighted by Crippen LogP contribution is 2.09. The molecule has 1 amide bonds. The van der Waals surface area contributed by atoms with Gasteiger partial charge in [0.1, 0.15) is 0 Å². The first-order valence-electron chi connectivity index (χ1n) is 6.68. The van der Waals surface area contributed by atoms with E-state index in [-0.39, 0.29) is 12.5 Å². The average Bonchev–Trinajstić information content (AvgIpc) is 2.44. The zero-order valence-corrected chi connectivity index (χ0v) is 12.0. The number of esters is 1. The van der Waals surface area contributed by atoms with Gasteiger partial charge in [0, 0.05) is 5.56 Å². The molecule has 20 heavy (non-hydrogen) atoms. The first kappa shape index (κ1) is 16.2. The molecule has 1 rings (SSSR count). The van der Waals surface area contributed by atoms with Gasteiger partial charge < -0.3 is 15.2 Å². The van der Waals surface area contributed by atoms with E-state index in [1.54, 1.807) is 51.1 Å². The second-order valence-electron chi connectivity index (χ2n) is 4.80. The van der Waals surface area contributed by atoms with E-state index in [0.717, 1.165) is 0 Å². The second-order valence-corrected chi connectivity index (χ2v) is 4.80. The lowest BCUT2D eigenvalue weighted by Crippen LogP contribution is -2.51. The Kier molecular flexibility index (Phi) is 6.18. The van der Waals surface area contributed by atoms with E-state index in [1.165, 1.54) is 0 Å². The van der Waals surface area contributed by atoms with Crippen LogP contribution in [0.1, 0.15) is 31.1 Å². The molecule has 0 aliphatic carbocycles. The fraction of sp³-hybridized carbons (Fsp3) is 0.467. The number of amides is 1. The molecule has 5 nitrogen and oxygen atoms in total. The van der Waals surface area contributed by atoms with E-state index in [2.05, 4.69) is 5.32 Å². The second kappa shape index (κ2) is 7.65. The molecular formula is C15H21NO4. The van der Waals surface area contributed by atoms with E-state index in [9.17, 15) is 14.7 Å². The fourth-order valence-electron chi connectivity index (χ4n) is 1.71. The number of ether oxygens (including phenoxy) is 1. The zero-order chi connectivity index (χ0) is 15.1. The summed E-state index contributed by atoms with van der Waals surface area (Å²) in [6.07, 6.45) is -0.998. The highest BCUT2D eigenvalue weighted by Gasteiger charge is 2.31. The molecule has 0 spiro atoms. The molecule has 2 N–H and O–H groups in total. The number of carbonyl (C=O) groups excluding carboxylic acids is 2. The Morgan fingerprint density at radius 3 is 2.35 bits per heavy atom. The summed E-state index contributed by atoms with van der Waals surface area (Å²) in [4.78, 5) is 23.9. The normalized spacial score (nSPS) is 13.7. The zero-order valence-electron chi connectivity index (χ0n) is 12.0. The van der Waals surface area contributed by atoms with Crippen LogP contribution >= 0.6 is 0 Å². The number of carbonyl (C=O) groups is 2. The Morgan fingerprint density at radius 2 is 1.85 bits per heavy atom. The molecule has 1 aromatic carbocycles. The monoisotopic (exact) mass is 279 g/mol. The molecule has 0 fully saturated rings. The first-order valence-corrected chi connectivity index (χ1v) is 6.68. The van der Waals surface area contributed by atoms with Crippen LogP contribution in [0.15, 0.2) is 30.3 Å². The van der Waals surface area contributed by atoms with Gasteiger partial charge in [-0.05, 0) is 25.0 Å². The van der Waals surface area contributed by atoms with Gasteiger partial charge in [0.25, 0.3) is 5.91 Å². The van der Waals surface area contributed by atoms with Gasteiger partial charge in [-0.1, -0.05) is 32.0 Å². The largest absolute Gasteiger partial charge is 0.464 e. The Bertz CT molecular complexity index is 444. The fourth-order valence-corrected chi connectivity index (χ4v) is 1.71. The maximum Gasteiger partial charge on any atom is 0.331 e. The maximum absolute atomic E-state index is 12.1. The minimum Gasteiger partial charge on any atom is -0.464 e. The van der Waals surface area contributed by atoms with Crippen molar-refractivity contribution < 1.29 is 19.4 Å². The average molecular weight is 279 g/mol. The van der Waals surface area contributed by atoms with Gasteiger partial charge in [-0.25, -0.2) is 4.79 Å². The topological polar surface area (TPSA) is 75.6 Å². The Morgan fingerprint density at radius 1 is 1.25 bits per heavy atom. The minimum absolute atomic E-state index is 0.180. The van der Waals surface area contributed by atoms with Crippen LogP contribution in [0.3, 0.4) is 0 Å². The van der Waals surface area contributed by atoms with Crippen LogP contribution in [0.4, 0.5) is 0 Å². The SMILES string of the molecule is CCOC(=O)[C@@H](NC(=O)c1ccccc1)[C@@H](O)C(C)C.